The lowest BCUT2D eigenvalue weighted by Crippen LogP contribution is -2.40. The van der Waals surface area contributed by atoms with Gasteiger partial charge < -0.3 is 30.1 Å². The Kier molecular flexibility index (Phi) is 3.73. The average Bonchev–Trinajstić information content (AvgIpc) is 3.02. The van der Waals surface area contributed by atoms with E-state index in [9.17, 15) is 15.3 Å². The molecule has 1 fully saturated rings. The molecule has 1 aliphatic heterocycles. The molecule has 0 aliphatic carbocycles. The molecule has 0 spiro atoms. The van der Waals surface area contributed by atoms with Crippen molar-refractivity contribution in [3.8, 4) is 0 Å². The van der Waals surface area contributed by atoms with Crippen LogP contribution in [0.1, 0.15) is 6.23 Å². The van der Waals surface area contributed by atoms with Crippen molar-refractivity contribution in [2.75, 3.05) is 6.61 Å². The smallest absolute Gasteiger partial charge is 0.165 e. The second-order valence-corrected chi connectivity index (χ2v) is 5.17. The van der Waals surface area contributed by atoms with Crippen LogP contribution >= 0.6 is 12.2 Å². The van der Waals surface area contributed by atoms with E-state index in [2.05, 4.69) is 15.0 Å². The summed E-state index contributed by atoms with van der Waals surface area (Å²) in [4.78, 5) is 10.8. The molecule has 0 aromatic carbocycles. The van der Waals surface area contributed by atoms with Crippen molar-refractivity contribution in [3.05, 3.63) is 17.3 Å². The van der Waals surface area contributed by atoms with Crippen LogP contribution in [0.3, 0.4) is 0 Å². The molecule has 0 bridgehead atoms. The lowest BCUT2D eigenvalue weighted by Gasteiger charge is -2.18. The number of nitrogens with zero attached hydrogens (tertiary/aromatic N) is 3. The Morgan fingerprint density at radius 1 is 1.38 bits per heavy atom. The summed E-state index contributed by atoms with van der Waals surface area (Å²) in [6.45, 7) is -0.585. The minimum absolute atomic E-state index is 0.294. The van der Waals surface area contributed by atoms with Gasteiger partial charge in [0.25, 0.3) is 0 Å². The fourth-order valence-corrected chi connectivity index (χ4v) is 2.61. The van der Waals surface area contributed by atoms with Crippen LogP contribution in [0.2, 0.25) is 0 Å². The molecule has 5 N–H and O–H groups in total. The summed E-state index contributed by atoms with van der Waals surface area (Å²) in [6.07, 6.45) is -3.20. The maximum atomic E-state index is 10.1. The zero-order valence-corrected chi connectivity index (χ0v) is 11.5. The summed E-state index contributed by atoms with van der Waals surface area (Å²) in [5.74, 6) is 0. The van der Waals surface area contributed by atoms with Gasteiger partial charge >= 0.3 is 0 Å². The molecular weight excluding hydrogens is 300 g/mol. The molecule has 0 amide bonds. The number of ether oxygens (including phenoxy) is 1. The predicted octanol–water partition coefficient (Wildman–Crippen LogP) is -1.54. The van der Waals surface area contributed by atoms with Crippen molar-refractivity contribution in [3.63, 3.8) is 0 Å². The van der Waals surface area contributed by atoms with Crippen LogP contribution in [0.4, 0.5) is 0 Å². The van der Waals surface area contributed by atoms with Gasteiger partial charge in [-0.05, 0) is 0 Å². The molecule has 3 rings (SSSR count). The number of hydrogen-bond acceptors (Lipinski definition) is 8. The first-order valence-electron chi connectivity index (χ1n) is 6.25. The molecule has 1 saturated heterocycles. The first kappa shape index (κ1) is 14.5. The van der Waals surface area contributed by atoms with Gasteiger partial charge in [0.1, 0.15) is 35.6 Å². The number of fused-ring (bicyclic) bond motifs is 1. The molecule has 5 atom stereocenters. The molecule has 1 aliphatic rings. The van der Waals surface area contributed by atoms with Crippen molar-refractivity contribution in [2.24, 2.45) is 0 Å². The lowest BCUT2D eigenvalue weighted by molar-refractivity contribution is -0.0962. The number of imidazole rings is 1. The average molecular weight is 314 g/mol. The van der Waals surface area contributed by atoms with Gasteiger partial charge in [-0.15, -0.1) is 0 Å². The third-order valence-corrected chi connectivity index (χ3v) is 3.79. The number of H-pyrrole nitrogens is 1. The zero-order valence-electron chi connectivity index (χ0n) is 10.7. The van der Waals surface area contributed by atoms with Crippen LogP contribution in [0.25, 0.3) is 11.2 Å². The number of nitrogens with one attached hydrogen (secondary N) is 1. The number of aliphatic hydroxyl groups excluding tert-OH is 4. The second kappa shape index (κ2) is 5.40. The van der Waals surface area contributed by atoms with Crippen LogP contribution in [0.5, 0.6) is 0 Å². The molecule has 10 heteroatoms. The summed E-state index contributed by atoms with van der Waals surface area (Å²) in [7, 11) is 0. The van der Waals surface area contributed by atoms with E-state index in [1.807, 2.05) is 0 Å². The van der Waals surface area contributed by atoms with Crippen molar-refractivity contribution in [1.82, 2.24) is 19.5 Å². The van der Waals surface area contributed by atoms with E-state index in [-0.39, 0.29) is 0 Å². The van der Waals surface area contributed by atoms with Crippen molar-refractivity contribution in [2.45, 2.75) is 30.6 Å². The van der Waals surface area contributed by atoms with Crippen LogP contribution in [-0.2, 0) is 4.74 Å². The van der Waals surface area contributed by atoms with Crippen molar-refractivity contribution < 1.29 is 25.2 Å². The maximum absolute atomic E-state index is 10.1. The highest BCUT2D eigenvalue weighted by molar-refractivity contribution is 7.71. The van der Waals surface area contributed by atoms with E-state index < -0.39 is 37.3 Å². The molecular formula is C11H14N4O5S. The second-order valence-electron chi connectivity index (χ2n) is 4.78. The number of rotatable bonds is 3. The molecule has 0 radical (unpaired) electrons. The Balaban J connectivity index is 2.00. The Morgan fingerprint density at radius 3 is 2.86 bits per heavy atom. The van der Waals surface area contributed by atoms with Crippen LogP contribution in [0.15, 0.2) is 12.7 Å². The summed E-state index contributed by atoms with van der Waals surface area (Å²) in [5, 5.41) is 38.6. The maximum Gasteiger partial charge on any atom is 0.165 e. The van der Waals surface area contributed by atoms with Gasteiger partial charge in [0.2, 0.25) is 0 Å². The lowest BCUT2D eigenvalue weighted by atomic mass is 10.1. The molecule has 5 unspecified atom stereocenters. The van der Waals surface area contributed by atoms with E-state index in [4.69, 9.17) is 22.1 Å². The molecule has 3 heterocycles. The molecule has 0 saturated carbocycles. The van der Waals surface area contributed by atoms with Gasteiger partial charge in [0.05, 0.1) is 19.3 Å². The Morgan fingerprint density at radius 2 is 2.14 bits per heavy atom. The Hall–Kier alpha value is -1.43. The number of aromatic nitrogens is 4. The fourth-order valence-electron chi connectivity index (χ4n) is 2.40. The third kappa shape index (κ3) is 2.25. The van der Waals surface area contributed by atoms with Crippen LogP contribution in [-0.4, -0.2) is 71.0 Å². The molecule has 2 aromatic heterocycles. The number of hydrogen-bond donors (Lipinski definition) is 5. The van der Waals surface area contributed by atoms with E-state index >= 15 is 0 Å². The Labute approximate surface area is 123 Å². The minimum Gasteiger partial charge on any atom is -0.394 e. The highest BCUT2D eigenvalue weighted by atomic mass is 32.1. The van der Waals surface area contributed by atoms with E-state index in [0.29, 0.717) is 15.8 Å². The first-order chi connectivity index (χ1) is 10.0. The topological polar surface area (TPSA) is 137 Å². The third-order valence-electron chi connectivity index (χ3n) is 3.50. The molecule has 21 heavy (non-hydrogen) atoms. The van der Waals surface area contributed by atoms with E-state index in [1.54, 1.807) is 0 Å². The van der Waals surface area contributed by atoms with Gasteiger partial charge in [-0.25, -0.2) is 9.97 Å². The summed E-state index contributed by atoms with van der Waals surface area (Å²) in [5.41, 5.74) is 0.911. The highest BCUT2D eigenvalue weighted by Crippen LogP contribution is 2.32. The highest BCUT2D eigenvalue weighted by Gasteiger charge is 2.47. The van der Waals surface area contributed by atoms with Gasteiger partial charge in [0.15, 0.2) is 10.9 Å². The van der Waals surface area contributed by atoms with Crippen LogP contribution in [0, 0.1) is 4.64 Å². The predicted molar refractivity (Wildman–Crippen MR) is 71.7 cm³/mol. The normalized spacial score (nSPS) is 30.9. The van der Waals surface area contributed by atoms with Gasteiger partial charge in [-0.3, -0.25) is 4.57 Å². The first-order valence-corrected chi connectivity index (χ1v) is 6.66. The summed E-state index contributed by atoms with van der Waals surface area (Å²) >= 11 is 5.05. The number of aliphatic hydroxyl groups is 4. The van der Waals surface area contributed by atoms with Gasteiger partial charge in [0, 0.05) is 0 Å². The summed E-state index contributed by atoms with van der Waals surface area (Å²) in [6, 6.07) is 0. The van der Waals surface area contributed by atoms with Gasteiger partial charge in [-0.1, -0.05) is 12.2 Å². The quantitative estimate of drug-likeness (QED) is 0.430. The Bertz CT molecular complexity index is 703. The molecule has 114 valence electrons. The zero-order chi connectivity index (χ0) is 15.1. The van der Waals surface area contributed by atoms with Crippen LogP contribution < -0.4 is 0 Å². The number of aromatic amines is 1. The van der Waals surface area contributed by atoms with Crippen molar-refractivity contribution >= 4 is 23.4 Å². The standard InChI is InChI=1S/C11H14N4O5S/c16-1-4(17)8-6(18)7(19)11(20-8)15-3-14-5-9(15)12-2-13-10(5)21/h2-4,6-8,11,16-19H,1H2,(H,12,13,21). The molecule has 2 aromatic rings. The van der Waals surface area contributed by atoms with E-state index in [0.717, 1.165) is 0 Å². The molecule has 9 nitrogen and oxygen atoms in total. The SMILES string of the molecule is OCC(O)C1OC(n2cnc3c(=S)nc[nH]c32)C(O)C1O. The largest absolute Gasteiger partial charge is 0.394 e. The monoisotopic (exact) mass is 314 g/mol. The van der Waals surface area contributed by atoms with Gasteiger partial charge in [-0.2, -0.15) is 0 Å². The van der Waals surface area contributed by atoms with E-state index in [1.165, 1.54) is 17.2 Å². The minimum atomic E-state index is -1.33. The van der Waals surface area contributed by atoms with Crippen molar-refractivity contribution in [1.29, 1.82) is 0 Å². The summed E-state index contributed by atoms with van der Waals surface area (Å²) < 4.78 is 7.23. The fraction of sp³-hybridized carbons (Fsp3) is 0.545.